The largest absolute Gasteiger partial charge is 0.351 e. The van der Waals surface area contributed by atoms with Gasteiger partial charge in [-0.3, -0.25) is 9.48 Å². The summed E-state index contributed by atoms with van der Waals surface area (Å²) in [7, 11) is 1.85. The van der Waals surface area contributed by atoms with Crippen LogP contribution < -0.4 is 5.32 Å². The first-order chi connectivity index (χ1) is 11.6. The third kappa shape index (κ3) is 3.43. The highest BCUT2D eigenvalue weighted by atomic mass is 32.2. The van der Waals surface area contributed by atoms with Gasteiger partial charge >= 0.3 is 0 Å². The van der Waals surface area contributed by atoms with Crippen molar-refractivity contribution in [3.05, 3.63) is 53.3 Å². The Morgan fingerprint density at radius 2 is 2.00 bits per heavy atom. The van der Waals surface area contributed by atoms with E-state index in [1.807, 2.05) is 45.2 Å². The second-order valence-corrected chi connectivity index (χ2v) is 6.80. The van der Waals surface area contributed by atoms with Crippen molar-refractivity contribution in [3.63, 3.8) is 0 Å². The Bertz CT molecular complexity index is 874. The molecule has 1 N–H and O–H groups in total. The van der Waals surface area contributed by atoms with E-state index >= 15 is 0 Å². The number of hydrogen-bond donors (Lipinski definition) is 1. The second kappa shape index (κ2) is 7.05. The van der Waals surface area contributed by atoms with Gasteiger partial charge in [0, 0.05) is 29.9 Å². The fraction of sp³-hybridized carbons (Fsp3) is 0.278. The lowest BCUT2D eigenvalue weighted by Crippen LogP contribution is -2.26. The molecule has 0 unspecified atom stereocenters. The molecule has 24 heavy (non-hydrogen) atoms. The Labute approximate surface area is 145 Å². The first-order valence-corrected chi connectivity index (χ1v) is 8.82. The van der Waals surface area contributed by atoms with Gasteiger partial charge in [0.1, 0.15) is 0 Å². The van der Waals surface area contributed by atoms with E-state index in [-0.39, 0.29) is 5.91 Å². The third-order valence-corrected chi connectivity index (χ3v) is 4.75. The monoisotopic (exact) mass is 340 g/mol. The standard InChI is InChI=1S/C18H20N4OS/c1-12-11-15(16-13(2)21-22(3)17(16)20-12)18(23)19-9-10-24-14-7-5-4-6-8-14/h4-8,11H,9-10H2,1-3H3,(H,19,23). The van der Waals surface area contributed by atoms with Gasteiger partial charge in [0.25, 0.3) is 5.91 Å². The smallest absolute Gasteiger partial charge is 0.252 e. The van der Waals surface area contributed by atoms with Gasteiger partial charge in [-0.25, -0.2) is 4.98 Å². The van der Waals surface area contributed by atoms with Crippen LogP contribution in [0.5, 0.6) is 0 Å². The van der Waals surface area contributed by atoms with Crippen LogP contribution in [0, 0.1) is 13.8 Å². The van der Waals surface area contributed by atoms with Crippen LogP contribution in [0.25, 0.3) is 11.0 Å². The lowest BCUT2D eigenvalue weighted by molar-refractivity contribution is 0.0957. The summed E-state index contributed by atoms with van der Waals surface area (Å²) in [6.45, 7) is 4.41. The molecule has 124 valence electrons. The quantitative estimate of drug-likeness (QED) is 0.573. The van der Waals surface area contributed by atoms with Crippen molar-refractivity contribution < 1.29 is 4.79 Å². The van der Waals surface area contributed by atoms with Crippen LogP contribution in [0.15, 0.2) is 41.3 Å². The van der Waals surface area contributed by atoms with E-state index in [2.05, 4.69) is 27.5 Å². The molecule has 0 saturated carbocycles. The maximum Gasteiger partial charge on any atom is 0.252 e. The van der Waals surface area contributed by atoms with Crippen LogP contribution in [0.2, 0.25) is 0 Å². The van der Waals surface area contributed by atoms with Gasteiger partial charge in [0.05, 0.1) is 16.6 Å². The van der Waals surface area contributed by atoms with Gasteiger partial charge < -0.3 is 5.32 Å². The number of benzene rings is 1. The van der Waals surface area contributed by atoms with Crippen LogP contribution in [-0.2, 0) is 7.05 Å². The zero-order valence-electron chi connectivity index (χ0n) is 14.0. The first kappa shape index (κ1) is 16.5. The van der Waals surface area contributed by atoms with Crippen LogP contribution in [0.3, 0.4) is 0 Å². The molecule has 0 radical (unpaired) electrons. The molecule has 3 rings (SSSR count). The highest BCUT2D eigenvalue weighted by Gasteiger charge is 2.17. The summed E-state index contributed by atoms with van der Waals surface area (Å²) in [6, 6.07) is 12.0. The Hall–Kier alpha value is -2.34. The number of amides is 1. The average molecular weight is 340 g/mol. The minimum Gasteiger partial charge on any atom is -0.351 e. The number of rotatable bonds is 5. The van der Waals surface area contributed by atoms with E-state index in [0.29, 0.717) is 12.1 Å². The number of aromatic nitrogens is 3. The summed E-state index contributed by atoms with van der Waals surface area (Å²) < 4.78 is 1.72. The lowest BCUT2D eigenvalue weighted by Gasteiger charge is -2.08. The van der Waals surface area contributed by atoms with E-state index in [4.69, 9.17) is 0 Å². The molecule has 0 saturated heterocycles. The Morgan fingerprint density at radius 1 is 1.25 bits per heavy atom. The number of fused-ring (bicyclic) bond motifs is 1. The molecule has 3 aromatic rings. The van der Waals surface area contributed by atoms with Gasteiger partial charge in [-0.2, -0.15) is 5.10 Å². The van der Waals surface area contributed by atoms with Crippen molar-refractivity contribution in [1.82, 2.24) is 20.1 Å². The number of hydrogen-bond acceptors (Lipinski definition) is 4. The SMILES string of the molecule is Cc1cc(C(=O)NCCSc2ccccc2)c2c(C)nn(C)c2n1. The topological polar surface area (TPSA) is 59.8 Å². The Balaban J connectivity index is 1.70. The van der Waals surface area contributed by atoms with Gasteiger partial charge in [0.2, 0.25) is 0 Å². The van der Waals surface area contributed by atoms with Crippen molar-refractivity contribution in [3.8, 4) is 0 Å². The fourth-order valence-electron chi connectivity index (χ4n) is 2.69. The van der Waals surface area contributed by atoms with Crippen LogP contribution >= 0.6 is 11.8 Å². The minimum absolute atomic E-state index is 0.0738. The zero-order valence-corrected chi connectivity index (χ0v) is 14.9. The summed E-state index contributed by atoms with van der Waals surface area (Å²) >= 11 is 1.73. The number of nitrogens with zero attached hydrogens (tertiary/aromatic N) is 3. The molecule has 1 aromatic carbocycles. The maximum atomic E-state index is 12.6. The van der Waals surface area contributed by atoms with Crippen molar-refractivity contribution in [2.24, 2.45) is 7.05 Å². The van der Waals surface area contributed by atoms with E-state index in [1.54, 1.807) is 16.4 Å². The molecular weight excluding hydrogens is 320 g/mol. The molecule has 0 aliphatic rings. The maximum absolute atomic E-state index is 12.6. The number of carbonyl (C=O) groups excluding carboxylic acids is 1. The van der Waals surface area contributed by atoms with Gasteiger partial charge in [0.15, 0.2) is 5.65 Å². The Kier molecular flexibility index (Phi) is 4.85. The fourth-order valence-corrected chi connectivity index (χ4v) is 3.48. The number of thioether (sulfide) groups is 1. The predicted octanol–water partition coefficient (Wildman–Crippen LogP) is 3.11. The van der Waals surface area contributed by atoms with E-state index < -0.39 is 0 Å². The minimum atomic E-state index is -0.0738. The molecule has 0 aliphatic heterocycles. The molecular formula is C18H20N4OS. The molecule has 2 heterocycles. The van der Waals surface area contributed by atoms with Crippen LogP contribution in [0.4, 0.5) is 0 Å². The van der Waals surface area contributed by atoms with E-state index in [1.165, 1.54) is 4.90 Å². The lowest BCUT2D eigenvalue weighted by atomic mass is 10.1. The molecule has 0 atom stereocenters. The molecule has 0 aliphatic carbocycles. The molecule has 0 fully saturated rings. The Morgan fingerprint density at radius 3 is 2.75 bits per heavy atom. The highest BCUT2D eigenvalue weighted by molar-refractivity contribution is 7.99. The average Bonchev–Trinajstić information content (AvgIpc) is 2.86. The first-order valence-electron chi connectivity index (χ1n) is 7.83. The third-order valence-electron chi connectivity index (χ3n) is 3.74. The molecule has 0 bridgehead atoms. The van der Waals surface area contributed by atoms with Gasteiger partial charge in [-0.15, -0.1) is 11.8 Å². The molecule has 0 spiro atoms. The number of carbonyl (C=O) groups is 1. The van der Waals surface area contributed by atoms with Gasteiger partial charge in [-0.05, 0) is 32.0 Å². The molecule has 1 amide bonds. The highest BCUT2D eigenvalue weighted by Crippen LogP contribution is 2.21. The van der Waals surface area contributed by atoms with Crippen LogP contribution in [0.1, 0.15) is 21.7 Å². The van der Waals surface area contributed by atoms with E-state index in [0.717, 1.165) is 28.2 Å². The van der Waals surface area contributed by atoms with E-state index in [9.17, 15) is 4.79 Å². The zero-order chi connectivity index (χ0) is 17.1. The van der Waals surface area contributed by atoms with Crippen molar-refractivity contribution in [2.45, 2.75) is 18.7 Å². The van der Waals surface area contributed by atoms with Crippen LogP contribution in [-0.4, -0.2) is 33.0 Å². The van der Waals surface area contributed by atoms with Crippen molar-refractivity contribution >= 4 is 28.7 Å². The predicted molar refractivity (Wildman–Crippen MR) is 97.5 cm³/mol. The summed E-state index contributed by atoms with van der Waals surface area (Å²) in [4.78, 5) is 18.3. The molecule has 6 heteroatoms. The molecule has 5 nitrogen and oxygen atoms in total. The van der Waals surface area contributed by atoms with Crippen molar-refractivity contribution in [2.75, 3.05) is 12.3 Å². The number of aryl methyl sites for hydroxylation is 3. The van der Waals surface area contributed by atoms with Crippen molar-refractivity contribution in [1.29, 1.82) is 0 Å². The summed E-state index contributed by atoms with van der Waals surface area (Å²) in [5.41, 5.74) is 3.03. The van der Waals surface area contributed by atoms with Gasteiger partial charge in [-0.1, -0.05) is 18.2 Å². The number of nitrogens with one attached hydrogen (secondary N) is 1. The summed E-state index contributed by atoms with van der Waals surface area (Å²) in [6.07, 6.45) is 0. The summed E-state index contributed by atoms with van der Waals surface area (Å²) in [5, 5.41) is 8.21. The normalized spacial score (nSPS) is 11.0. The number of pyridine rings is 1. The summed E-state index contributed by atoms with van der Waals surface area (Å²) in [5.74, 6) is 0.755. The molecule has 2 aromatic heterocycles. The second-order valence-electron chi connectivity index (χ2n) is 5.64.